The van der Waals surface area contributed by atoms with E-state index in [9.17, 15) is 19.4 Å². The van der Waals surface area contributed by atoms with Gasteiger partial charge in [0.15, 0.2) is 23.2 Å². The zero-order chi connectivity index (χ0) is 20.9. The first kappa shape index (κ1) is 19.2. The second-order valence-corrected chi connectivity index (χ2v) is 8.16. The summed E-state index contributed by atoms with van der Waals surface area (Å²) in [7, 11) is -4.24. The minimum atomic E-state index is -4.24. The maximum Gasteiger partial charge on any atom is 0.472 e. The zero-order valence-electron chi connectivity index (χ0n) is 15.2. The van der Waals surface area contributed by atoms with Crippen molar-refractivity contribution in [2.75, 3.05) is 11.9 Å². The molecule has 1 unspecified atom stereocenters. The molecule has 0 aliphatic carbocycles. The topological polar surface area (TPSA) is 158 Å². The van der Waals surface area contributed by atoms with Crippen LogP contribution in [-0.2, 0) is 18.3 Å². The van der Waals surface area contributed by atoms with Crippen LogP contribution in [0.25, 0.3) is 11.2 Å². The van der Waals surface area contributed by atoms with Gasteiger partial charge in [-0.05, 0) is 12.1 Å². The number of nitrogens with zero attached hydrogens (tertiary/aromatic N) is 4. The average molecular weight is 433 g/mol. The van der Waals surface area contributed by atoms with E-state index in [4.69, 9.17) is 13.8 Å². The lowest BCUT2D eigenvalue weighted by Crippen LogP contribution is -2.39. The largest absolute Gasteiger partial charge is 0.472 e. The molecule has 13 heteroatoms. The number of benzene rings is 1. The van der Waals surface area contributed by atoms with E-state index in [1.54, 1.807) is 30.3 Å². The third-order valence-corrected chi connectivity index (χ3v) is 5.85. The van der Waals surface area contributed by atoms with Gasteiger partial charge in [-0.1, -0.05) is 18.2 Å². The number of aliphatic hydroxyl groups excluding tert-OH is 1. The van der Waals surface area contributed by atoms with Gasteiger partial charge in [-0.3, -0.25) is 18.4 Å². The first-order valence-electron chi connectivity index (χ1n) is 8.96. The number of anilines is 1. The number of nitrogens with one attached hydrogen (secondary N) is 1. The second kappa shape index (κ2) is 7.20. The van der Waals surface area contributed by atoms with Crippen molar-refractivity contribution in [1.82, 2.24) is 19.5 Å². The normalized spacial score (nSPS) is 30.9. The van der Waals surface area contributed by atoms with Gasteiger partial charge >= 0.3 is 7.82 Å². The van der Waals surface area contributed by atoms with Crippen molar-refractivity contribution in [1.29, 1.82) is 0 Å². The van der Waals surface area contributed by atoms with Gasteiger partial charge in [-0.25, -0.2) is 19.5 Å². The molecule has 1 aromatic carbocycles. The highest BCUT2D eigenvalue weighted by atomic mass is 31.2. The van der Waals surface area contributed by atoms with Crippen LogP contribution in [0, 0.1) is 0 Å². The Balaban J connectivity index is 1.44. The maximum absolute atomic E-state index is 12.5. The lowest BCUT2D eigenvalue weighted by atomic mass is 10.1. The lowest BCUT2D eigenvalue weighted by molar-refractivity contribution is -0.0664. The molecule has 5 atom stereocenters. The fourth-order valence-corrected chi connectivity index (χ4v) is 4.43. The molecule has 2 saturated heterocycles. The first-order chi connectivity index (χ1) is 14.4. The van der Waals surface area contributed by atoms with Crippen LogP contribution in [0.5, 0.6) is 0 Å². The molecule has 3 N–H and O–H groups in total. The van der Waals surface area contributed by atoms with Crippen LogP contribution < -0.4 is 5.32 Å². The summed E-state index contributed by atoms with van der Waals surface area (Å²) in [5, 5.41) is 13.3. The second-order valence-electron chi connectivity index (χ2n) is 6.76. The van der Waals surface area contributed by atoms with Crippen molar-refractivity contribution in [3.05, 3.63) is 48.5 Å². The van der Waals surface area contributed by atoms with E-state index in [-0.39, 0.29) is 23.8 Å². The molecule has 4 heterocycles. The number of imidazole rings is 1. The Bertz CT molecular complexity index is 1160. The molecule has 3 aromatic rings. The summed E-state index contributed by atoms with van der Waals surface area (Å²) in [6.07, 6.45) is -1.42. The van der Waals surface area contributed by atoms with Gasteiger partial charge in [0.25, 0.3) is 5.91 Å². The van der Waals surface area contributed by atoms with E-state index in [0.717, 1.165) is 0 Å². The number of phosphoric ester groups is 1. The van der Waals surface area contributed by atoms with E-state index >= 15 is 0 Å². The maximum atomic E-state index is 12.5. The Morgan fingerprint density at radius 3 is 2.83 bits per heavy atom. The highest BCUT2D eigenvalue weighted by Crippen LogP contribution is 2.52. The number of hydrogen-bond donors (Lipinski definition) is 3. The van der Waals surface area contributed by atoms with E-state index in [1.807, 2.05) is 0 Å². The Morgan fingerprint density at radius 1 is 1.23 bits per heavy atom. The van der Waals surface area contributed by atoms with Gasteiger partial charge in [0, 0.05) is 5.56 Å². The molecule has 2 aliphatic rings. The van der Waals surface area contributed by atoms with Gasteiger partial charge in [-0.2, -0.15) is 0 Å². The molecule has 12 nitrogen and oxygen atoms in total. The molecule has 1 amide bonds. The Labute approximate surface area is 169 Å². The van der Waals surface area contributed by atoms with Gasteiger partial charge in [0.05, 0.1) is 12.9 Å². The molecule has 156 valence electrons. The van der Waals surface area contributed by atoms with Crippen molar-refractivity contribution < 1.29 is 33.1 Å². The minimum absolute atomic E-state index is 0.192. The molecule has 2 aliphatic heterocycles. The number of phosphoric acid groups is 1. The lowest BCUT2D eigenvalue weighted by Gasteiger charge is -2.27. The fourth-order valence-electron chi connectivity index (χ4n) is 3.46. The Morgan fingerprint density at radius 2 is 2.03 bits per heavy atom. The molecule has 2 aromatic heterocycles. The number of hydrogen-bond acceptors (Lipinski definition) is 9. The van der Waals surface area contributed by atoms with Crippen molar-refractivity contribution in [2.24, 2.45) is 0 Å². The van der Waals surface area contributed by atoms with Gasteiger partial charge in [0.2, 0.25) is 0 Å². The summed E-state index contributed by atoms with van der Waals surface area (Å²) in [6, 6.07) is 8.62. The molecule has 30 heavy (non-hydrogen) atoms. The number of rotatable bonds is 3. The predicted molar refractivity (Wildman–Crippen MR) is 100 cm³/mol. The molecular weight excluding hydrogens is 417 g/mol. The third-order valence-electron chi connectivity index (χ3n) is 4.87. The number of aliphatic hydroxyl groups is 1. The summed E-state index contributed by atoms with van der Waals surface area (Å²) in [4.78, 5) is 34.5. The van der Waals surface area contributed by atoms with Crippen molar-refractivity contribution in [3.63, 3.8) is 0 Å². The number of carbonyl (C=O) groups excluding carboxylic acids is 1. The summed E-state index contributed by atoms with van der Waals surface area (Å²) in [5.41, 5.74) is 1.04. The van der Waals surface area contributed by atoms with E-state index in [1.165, 1.54) is 17.2 Å². The average Bonchev–Trinajstić information content (AvgIpc) is 3.30. The smallest absolute Gasteiger partial charge is 0.386 e. The first-order valence-corrected chi connectivity index (χ1v) is 10.5. The quantitative estimate of drug-likeness (QED) is 0.506. The third kappa shape index (κ3) is 3.29. The number of ether oxygens (including phenoxy) is 1. The van der Waals surface area contributed by atoms with Gasteiger partial charge in [-0.15, -0.1) is 0 Å². The standard InChI is InChI=1S/C17H16N5O7P/c23-12-13-10(6-27-30(25,26)29-13)28-17(12)22-8-20-11-14(18-7-19-15(11)22)21-16(24)9-4-2-1-3-5-9/h1-5,7-8,10,12-13,17,23H,6H2,(H,25,26)(H,18,19,21,24)/t10-,12-,13-,17-/m1/s1. The fraction of sp³-hybridized carbons (Fsp3) is 0.294. The summed E-state index contributed by atoms with van der Waals surface area (Å²) < 4.78 is 28.6. The molecule has 2 fully saturated rings. The Hall–Kier alpha value is -2.73. The number of amides is 1. The van der Waals surface area contributed by atoms with E-state index in [2.05, 4.69) is 20.3 Å². The summed E-state index contributed by atoms with van der Waals surface area (Å²) >= 11 is 0. The van der Waals surface area contributed by atoms with Crippen LogP contribution in [-0.4, -0.2) is 60.3 Å². The van der Waals surface area contributed by atoms with E-state index < -0.39 is 32.4 Å². The predicted octanol–water partition coefficient (Wildman–Crippen LogP) is 0.853. The summed E-state index contributed by atoms with van der Waals surface area (Å²) in [6.45, 7) is -0.202. The number of fused-ring (bicyclic) bond motifs is 2. The SMILES string of the molecule is O=C(Nc1ncnc2c1ncn2[C@@H]1O[C@@H]2COP(=O)(O)O[C@H]2[C@H]1O)c1ccccc1. The van der Waals surface area contributed by atoms with Crippen molar-refractivity contribution in [3.8, 4) is 0 Å². The van der Waals surface area contributed by atoms with Crippen molar-refractivity contribution in [2.45, 2.75) is 24.5 Å². The zero-order valence-corrected chi connectivity index (χ0v) is 16.1. The molecule has 5 rings (SSSR count). The number of carbonyl (C=O) groups is 1. The molecular formula is C17H16N5O7P. The highest BCUT2D eigenvalue weighted by Gasteiger charge is 2.52. The van der Waals surface area contributed by atoms with Gasteiger partial charge < -0.3 is 20.1 Å². The van der Waals surface area contributed by atoms with Crippen LogP contribution in [0.4, 0.5) is 5.82 Å². The molecule has 0 spiro atoms. The van der Waals surface area contributed by atoms with Crippen LogP contribution in [0.2, 0.25) is 0 Å². The van der Waals surface area contributed by atoms with Crippen LogP contribution in [0.15, 0.2) is 43.0 Å². The summed E-state index contributed by atoms with van der Waals surface area (Å²) in [5.74, 6) is -0.172. The highest BCUT2D eigenvalue weighted by molar-refractivity contribution is 7.47. The number of aromatic nitrogens is 4. The Kier molecular flexibility index (Phi) is 4.62. The van der Waals surface area contributed by atoms with Crippen LogP contribution >= 0.6 is 7.82 Å². The van der Waals surface area contributed by atoms with Gasteiger partial charge in [0.1, 0.15) is 24.6 Å². The van der Waals surface area contributed by atoms with Crippen LogP contribution in [0.1, 0.15) is 16.6 Å². The molecule has 0 saturated carbocycles. The van der Waals surface area contributed by atoms with E-state index in [0.29, 0.717) is 11.2 Å². The molecule has 0 radical (unpaired) electrons. The minimum Gasteiger partial charge on any atom is -0.386 e. The molecule has 0 bridgehead atoms. The van der Waals surface area contributed by atoms with Crippen LogP contribution in [0.3, 0.4) is 0 Å². The monoisotopic (exact) mass is 433 g/mol. The van der Waals surface area contributed by atoms with Crippen molar-refractivity contribution >= 4 is 30.7 Å².